The van der Waals surface area contributed by atoms with E-state index in [1.807, 2.05) is 32.4 Å². The second kappa shape index (κ2) is 6.34. The Balaban J connectivity index is 1.95. The third-order valence-electron chi connectivity index (χ3n) is 3.62. The number of rotatable bonds is 2. The van der Waals surface area contributed by atoms with Crippen LogP contribution in [0.3, 0.4) is 0 Å². The van der Waals surface area contributed by atoms with Crippen LogP contribution in [0.1, 0.15) is 58.2 Å². The highest BCUT2D eigenvalue weighted by atomic mass is 79.9. The first-order valence-corrected chi connectivity index (χ1v) is 8.10. The number of alkyl carbamates (subject to hydrolysis) is 1. The van der Waals surface area contributed by atoms with Gasteiger partial charge in [-0.05, 0) is 56.0 Å². The van der Waals surface area contributed by atoms with Crippen LogP contribution in [0.15, 0.2) is 4.73 Å². The molecule has 1 fully saturated rings. The Labute approximate surface area is 133 Å². The summed E-state index contributed by atoms with van der Waals surface area (Å²) in [5.74, 6) is 1.29. The van der Waals surface area contributed by atoms with E-state index in [0.717, 1.165) is 36.2 Å². The normalized spacial score (nSPS) is 22.9. The number of carbonyl (C=O) groups excluding carboxylic acids is 1. The predicted molar refractivity (Wildman–Crippen MR) is 83.1 cm³/mol. The molecule has 0 spiro atoms. The minimum Gasteiger partial charge on any atom is -0.444 e. The molecule has 1 heterocycles. The molecule has 0 radical (unpaired) electrons. The van der Waals surface area contributed by atoms with E-state index in [2.05, 4.69) is 31.4 Å². The van der Waals surface area contributed by atoms with E-state index < -0.39 is 5.60 Å². The molecule has 0 aliphatic heterocycles. The summed E-state index contributed by atoms with van der Waals surface area (Å²) in [6, 6.07) is 0.133. The monoisotopic (exact) mass is 358 g/mol. The van der Waals surface area contributed by atoms with Crippen molar-refractivity contribution in [1.29, 1.82) is 0 Å². The van der Waals surface area contributed by atoms with Crippen molar-refractivity contribution >= 4 is 22.0 Å². The number of nitrogens with zero attached hydrogens (tertiary/aromatic N) is 3. The lowest BCUT2D eigenvalue weighted by Gasteiger charge is -2.30. The van der Waals surface area contributed by atoms with Crippen LogP contribution in [-0.4, -0.2) is 32.5 Å². The molecule has 1 aliphatic carbocycles. The Kier molecular flexibility index (Phi) is 4.91. The lowest BCUT2D eigenvalue weighted by molar-refractivity contribution is 0.0490. The van der Waals surface area contributed by atoms with Crippen molar-refractivity contribution in [2.45, 2.75) is 64.0 Å². The van der Waals surface area contributed by atoms with Gasteiger partial charge in [-0.1, -0.05) is 6.42 Å². The van der Waals surface area contributed by atoms with Crippen molar-refractivity contribution in [1.82, 2.24) is 20.1 Å². The van der Waals surface area contributed by atoms with Crippen LogP contribution in [-0.2, 0) is 11.8 Å². The van der Waals surface area contributed by atoms with Gasteiger partial charge in [0.15, 0.2) is 4.73 Å². The Morgan fingerprint density at radius 1 is 1.38 bits per heavy atom. The van der Waals surface area contributed by atoms with E-state index in [1.165, 1.54) is 0 Å². The predicted octanol–water partition coefficient (Wildman–Crippen LogP) is 3.13. The molecule has 0 aromatic carbocycles. The number of halogens is 1. The van der Waals surface area contributed by atoms with Crippen molar-refractivity contribution in [3.8, 4) is 0 Å². The minimum atomic E-state index is -0.466. The summed E-state index contributed by atoms with van der Waals surface area (Å²) in [5, 5.41) is 11.2. The standard InChI is InChI=1S/C14H23BrN4O2/c1-14(2,3)21-13(20)16-10-7-5-6-9(8-10)11-17-18-12(15)19(11)4/h9-10H,5-8H2,1-4H3,(H,16,20)/t9-,10+/m0/s1. The zero-order valence-corrected chi connectivity index (χ0v) is 14.6. The van der Waals surface area contributed by atoms with Gasteiger partial charge in [-0.15, -0.1) is 10.2 Å². The van der Waals surface area contributed by atoms with E-state index in [4.69, 9.17) is 4.74 Å². The van der Waals surface area contributed by atoms with Crippen molar-refractivity contribution in [3.63, 3.8) is 0 Å². The molecule has 21 heavy (non-hydrogen) atoms. The highest BCUT2D eigenvalue weighted by Gasteiger charge is 2.29. The Morgan fingerprint density at radius 2 is 2.10 bits per heavy atom. The zero-order valence-electron chi connectivity index (χ0n) is 13.0. The topological polar surface area (TPSA) is 69.0 Å². The van der Waals surface area contributed by atoms with Crippen molar-refractivity contribution in [2.75, 3.05) is 0 Å². The number of aromatic nitrogens is 3. The van der Waals surface area contributed by atoms with Gasteiger partial charge in [-0.3, -0.25) is 0 Å². The highest BCUT2D eigenvalue weighted by Crippen LogP contribution is 2.32. The summed E-state index contributed by atoms with van der Waals surface area (Å²) in [4.78, 5) is 11.9. The number of nitrogens with one attached hydrogen (secondary N) is 1. The molecule has 1 amide bonds. The van der Waals surface area contributed by atoms with Crippen LogP contribution in [0.5, 0.6) is 0 Å². The maximum absolute atomic E-state index is 11.9. The second-order valence-electron chi connectivity index (χ2n) is 6.59. The third kappa shape index (κ3) is 4.43. The van der Waals surface area contributed by atoms with Crippen LogP contribution in [0.2, 0.25) is 0 Å². The smallest absolute Gasteiger partial charge is 0.407 e. The van der Waals surface area contributed by atoms with Gasteiger partial charge in [0, 0.05) is 19.0 Å². The Hall–Kier alpha value is -1.11. The number of ether oxygens (including phenoxy) is 1. The molecule has 2 rings (SSSR count). The molecule has 0 bridgehead atoms. The molecular formula is C14H23BrN4O2. The number of hydrogen-bond donors (Lipinski definition) is 1. The zero-order chi connectivity index (χ0) is 15.6. The maximum Gasteiger partial charge on any atom is 0.407 e. The number of carbonyl (C=O) groups is 1. The second-order valence-corrected chi connectivity index (χ2v) is 7.30. The van der Waals surface area contributed by atoms with E-state index in [-0.39, 0.29) is 12.1 Å². The molecule has 1 saturated carbocycles. The third-order valence-corrected chi connectivity index (χ3v) is 4.31. The van der Waals surface area contributed by atoms with Gasteiger partial charge in [0.05, 0.1) is 0 Å². The van der Waals surface area contributed by atoms with Gasteiger partial charge < -0.3 is 14.6 Å². The van der Waals surface area contributed by atoms with Crippen LogP contribution in [0, 0.1) is 0 Å². The molecule has 6 nitrogen and oxygen atoms in total. The Bertz CT molecular complexity index is 510. The van der Waals surface area contributed by atoms with Gasteiger partial charge in [0.1, 0.15) is 11.4 Å². The van der Waals surface area contributed by atoms with E-state index >= 15 is 0 Å². The largest absolute Gasteiger partial charge is 0.444 e. The minimum absolute atomic E-state index is 0.133. The van der Waals surface area contributed by atoms with Gasteiger partial charge in [-0.25, -0.2) is 4.79 Å². The van der Waals surface area contributed by atoms with Crippen LogP contribution >= 0.6 is 15.9 Å². The first-order chi connectivity index (χ1) is 9.76. The van der Waals surface area contributed by atoms with Gasteiger partial charge in [-0.2, -0.15) is 0 Å². The average molecular weight is 359 g/mol. The summed E-state index contributed by atoms with van der Waals surface area (Å²) in [6.07, 6.45) is 3.65. The lowest BCUT2D eigenvalue weighted by Crippen LogP contribution is -2.41. The first-order valence-electron chi connectivity index (χ1n) is 7.30. The van der Waals surface area contributed by atoms with E-state index in [1.54, 1.807) is 0 Å². The molecule has 1 N–H and O–H groups in total. The summed E-state index contributed by atoms with van der Waals surface area (Å²) >= 11 is 3.37. The van der Waals surface area contributed by atoms with Gasteiger partial charge in [0.2, 0.25) is 0 Å². The summed E-state index contributed by atoms with van der Waals surface area (Å²) < 4.78 is 8.01. The molecule has 0 unspecified atom stereocenters. The average Bonchev–Trinajstić information content (AvgIpc) is 2.68. The number of hydrogen-bond acceptors (Lipinski definition) is 4. The van der Waals surface area contributed by atoms with Crippen LogP contribution in [0.25, 0.3) is 0 Å². The first kappa shape index (κ1) is 16.3. The molecule has 2 atom stereocenters. The van der Waals surface area contributed by atoms with Crippen molar-refractivity contribution in [3.05, 3.63) is 10.6 Å². The summed E-state index contributed by atoms with van der Waals surface area (Å²) in [7, 11) is 1.95. The molecular weight excluding hydrogens is 336 g/mol. The summed E-state index contributed by atoms with van der Waals surface area (Å²) in [6.45, 7) is 5.61. The maximum atomic E-state index is 11.9. The lowest BCUT2D eigenvalue weighted by atomic mass is 9.85. The van der Waals surface area contributed by atoms with Crippen LogP contribution < -0.4 is 5.32 Å². The van der Waals surface area contributed by atoms with Crippen LogP contribution in [0.4, 0.5) is 4.79 Å². The van der Waals surface area contributed by atoms with Gasteiger partial charge >= 0.3 is 6.09 Å². The molecule has 1 aliphatic rings. The quantitative estimate of drug-likeness (QED) is 0.881. The van der Waals surface area contributed by atoms with Gasteiger partial charge in [0.25, 0.3) is 0 Å². The fourth-order valence-corrected chi connectivity index (χ4v) is 2.97. The molecule has 7 heteroatoms. The van der Waals surface area contributed by atoms with Crippen molar-refractivity contribution < 1.29 is 9.53 Å². The van der Waals surface area contributed by atoms with E-state index in [0.29, 0.717) is 5.92 Å². The molecule has 1 aromatic heterocycles. The molecule has 0 saturated heterocycles. The molecule has 118 valence electrons. The van der Waals surface area contributed by atoms with Crippen molar-refractivity contribution in [2.24, 2.45) is 7.05 Å². The SMILES string of the molecule is Cn1c(Br)nnc1[C@H]1CCC[C@@H](NC(=O)OC(C)(C)C)C1. The highest BCUT2D eigenvalue weighted by molar-refractivity contribution is 9.10. The summed E-state index contributed by atoms with van der Waals surface area (Å²) in [5.41, 5.74) is -0.466. The van der Waals surface area contributed by atoms with E-state index in [9.17, 15) is 4.79 Å². The fourth-order valence-electron chi connectivity index (χ4n) is 2.71. The molecule has 1 aromatic rings. The fraction of sp³-hybridized carbons (Fsp3) is 0.786. The Morgan fingerprint density at radius 3 is 2.67 bits per heavy atom. The number of amides is 1.